The number of hydrogen-bond donors (Lipinski definition) is 2. The standard InChI is InChI=1S/C18H26N2O/c1-14-4-2-3-5-16(14)13-18(8-9-18)20-17(21)12-15-6-10-19-11-7-15/h2-5,15,19H,6-13H2,1H3,(H,20,21). The molecular weight excluding hydrogens is 260 g/mol. The normalized spacial score (nSPS) is 21.0. The average molecular weight is 286 g/mol. The molecule has 21 heavy (non-hydrogen) atoms. The fraction of sp³-hybridized carbons (Fsp3) is 0.611. The minimum Gasteiger partial charge on any atom is -0.350 e. The maximum Gasteiger partial charge on any atom is 0.220 e. The molecule has 1 amide bonds. The van der Waals surface area contributed by atoms with Crippen LogP contribution in [0.3, 0.4) is 0 Å². The van der Waals surface area contributed by atoms with E-state index in [9.17, 15) is 4.79 Å². The largest absolute Gasteiger partial charge is 0.350 e. The van der Waals surface area contributed by atoms with Crippen LogP contribution >= 0.6 is 0 Å². The van der Waals surface area contributed by atoms with Crippen molar-refractivity contribution >= 4 is 5.91 Å². The molecule has 1 aliphatic heterocycles. The summed E-state index contributed by atoms with van der Waals surface area (Å²) in [6, 6.07) is 8.51. The highest BCUT2D eigenvalue weighted by Gasteiger charge is 2.44. The lowest BCUT2D eigenvalue weighted by Gasteiger charge is -2.24. The van der Waals surface area contributed by atoms with E-state index in [1.165, 1.54) is 11.1 Å². The number of nitrogens with one attached hydrogen (secondary N) is 2. The van der Waals surface area contributed by atoms with Crippen LogP contribution in [0.4, 0.5) is 0 Å². The van der Waals surface area contributed by atoms with Crippen molar-refractivity contribution in [3.63, 3.8) is 0 Å². The Morgan fingerprint density at radius 3 is 2.67 bits per heavy atom. The van der Waals surface area contributed by atoms with Crippen LogP contribution in [-0.2, 0) is 11.2 Å². The van der Waals surface area contributed by atoms with Gasteiger partial charge < -0.3 is 10.6 Å². The van der Waals surface area contributed by atoms with Gasteiger partial charge in [0.1, 0.15) is 0 Å². The summed E-state index contributed by atoms with van der Waals surface area (Å²) in [4.78, 5) is 12.3. The van der Waals surface area contributed by atoms with Gasteiger partial charge in [0, 0.05) is 12.0 Å². The van der Waals surface area contributed by atoms with Gasteiger partial charge in [0.05, 0.1) is 0 Å². The highest BCUT2D eigenvalue weighted by molar-refractivity contribution is 5.77. The van der Waals surface area contributed by atoms with Gasteiger partial charge >= 0.3 is 0 Å². The minimum atomic E-state index is 0.0517. The van der Waals surface area contributed by atoms with E-state index in [0.29, 0.717) is 12.3 Å². The molecule has 0 atom stereocenters. The highest BCUT2D eigenvalue weighted by Crippen LogP contribution is 2.39. The Morgan fingerprint density at radius 1 is 1.29 bits per heavy atom. The van der Waals surface area contributed by atoms with Crippen molar-refractivity contribution in [3.05, 3.63) is 35.4 Å². The van der Waals surface area contributed by atoms with E-state index in [2.05, 4.69) is 41.8 Å². The molecule has 0 bridgehead atoms. The molecule has 1 saturated heterocycles. The Hall–Kier alpha value is -1.35. The molecule has 1 aliphatic carbocycles. The van der Waals surface area contributed by atoms with Crippen LogP contribution in [0.15, 0.2) is 24.3 Å². The van der Waals surface area contributed by atoms with Gasteiger partial charge in [-0.3, -0.25) is 4.79 Å². The number of rotatable bonds is 5. The SMILES string of the molecule is Cc1ccccc1CC1(NC(=O)CC2CCNCC2)CC1. The quantitative estimate of drug-likeness (QED) is 0.873. The zero-order valence-electron chi connectivity index (χ0n) is 13.0. The van der Waals surface area contributed by atoms with E-state index in [1.807, 2.05) is 0 Å². The second-order valence-electron chi connectivity index (χ2n) is 6.83. The average Bonchev–Trinajstić information content (AvgIpc) is 3.22. The van der Waals surface area contributed by atoms with Crippen molar-refractivity contribution in [2.45, 2.75) is 51.0 Å². The van der Waals surface area contributed by atoms with Gasteiger partial charge in [0.2, 0.25) is 5.91 Å². The van der Waals surface area contributed by atoms with Crippen molar-refractivity contribution in [1.82, 2.24) is 10.6 Å². The zero-order chi connectivity index (χ0) is 14.7. The first kappa shape index (κ1) is 14.6. The summed E-state index contributed by atoms with van der Waals surface area (Å²) in [7, 11) is 0. The van der Waals surface area contributed by atoms with Crippen molar-refractivity contribution in [1.29, 1.82) is 0 Å². The smallest absolute Gasteiger partial charge is 0.220 e. The lowest BCUT2D eigenvalue weighted by Crippen LogP contribution is -2.40. The molecule has 0 radical (unpaired) electrons. The molecule has 2 aliphatic rings. The predicted molar refractivity (Wildman–Crippen MR) is 85.2 cm³/mol. The fourth-order valence-corrected chi connectivity index (χ4v) is 3.36. The van der Waals surface area contributed by atoms with Crippen molar-refractivity contribution in [2.24, 2.45) is 5.92 Å². The Bertz CT molecular complexity index is 502. The summed E-state index contributed by atoms with van der Waals surface area (Å²) in [5.74, 6) is 0.827. The van der Waals surface area contributed by atoms with Crippen molar-refractivity contribution in [3.8, 4) is 0 Å². The molecule has 1 aromatic carbocycles. The van der Waals surface area contributed by atoms with Crippen LogP contribution in [0.1, 0.15) is 43.2 Å². The van der Waals surface area contributed by atoms with E-state index in [4.69, 9.17) is 0 Å². The van der Waals surface area contributed by atoms with Gasteiger partial charge in [0.25, 0.3) is 0 Å². The number of carbonyl (C=O) groups is 1. The molecule has 114 valence electrons. The molecule has 1 heterocycles. The van der Waals surface area contributed by atoms with Gasteiger partial charge in [-0.1, -0.05) is 24.3 Å². The first-order chi connectivity index (χ1) is 10.2. The van der Waals surface area contributed by atoms with Crippen LogP contribution in [0.5, 0.6) is 0 Å². The first-order valence-corrected chi connectivity index (χ1v) is 8.23. The van der Waals surface area contributed by atoms with Gasteiger partial charge in [0.15, 0.2) is 0 Å². The van der Waals surface area contributed by atoms with E-state index < -0.39 is 0 Å². The Kier molecular flexibility index (Phi) is 4.29. The number of aryl methyl sites for hydroxylation is 1. The number of hydrogen-bond acceptors (Lipinski definition) is 2. The van der Waals surface area contributed by atoms with Gasteiger partial charge in [-0.25, -0.2) is 0 Å². The minimum absolute atomic E-state index is 0.0517. The summed E-state index contributed by atoms with van der Waals surface area (Å²) in [5, 5.41) is 6.69. The van der Waals surface area contributed by atoms with E-state index in [0.717, 1.165) is 45.2 Å². The molecule has 0 unspecified atom stereocenters. The fourth-order valence-electron chi connectivity index (χ4n) is 3.36. The molecule has 1 saturated carbocycles. The van der Waals surface area contributed by atoms with Gasteiger partial charge in [-0.2, -0.15) is 0 Å². The number of piperidine rings is 1. The molecular formula is C18H26N2O. The van der Waals surface area contributed by atoms with E-state index in [1.54, 1.807) is 0 Å². The second kappa shape index (κ2) is 6.18. The molecule has 2 N–H and O–H groups in total. The number of benzene rings is 1. The third-order valence-corrected chi connectivity index (χ3v) is 4.98. The van der Waals surface area contributed by atoms with E-state index in [-0.39, 0.29) is 11.4 Å². The van der Waals surface area contributed by atoms with Gasteiger partial charge in [-0.15, -0.1) is 0 Å². The molecule has 1 aromatic rings. The van der Waals surface area contributed by atoms with Crippen LogP contribution in [0.25, 0.3) is 0 Å². The Morgan fingerprint density at radius 2 is 2.00 bits per heavy atom. The first-order valence-electron chi connectivity index (χ1n) is 8.23. The molecule has 3 nitrogen and oxygen atoms in total. The molecule has 2 fully saturated rings. The monoisotopic (exact) mass is 286 g/mol. The van der Waals surface area contributed by atoms with Crippen LogP contribution in [0.2, 0.25) is 0 Å². The summed E-state index contributed by atoms with van der Waals surface area (Å²) >= 11 is 0. The highest BCUT2D eigenvalue weighted by atomic mass is 16.1. The van der Waals surface area contributed by atoms with Gasteiger partial charge in [-0.05, 0) is 69.2 Å². The molecule has 0 aromatic heterocycles. The maximum absolute atomic E-state index is 12.3. The maximum atomic E-state index is 12.3. The predicted octanol–water partition coefficient (Wildman–Crippen LogP) is 2.58. The Labute approximate surface area is 127 Å². The molecule has 3 heteroatoms. The molecule has 0 spiro atoms. The van der Waals surface area contributed by atoms with Crippen LogP contribution in [0, 0.1) is 12.8 Å². The zero-order valence-corrected chi connectivity index (χ0v) is 13.0. The van der Waals surface area contributed by atoms with Crippen molar-refractivity contribution in [2.75, 3.05) is 13.1 Å². The summed E-state index contributed by atoms with van der Waals surface area (Å²) in [6.07, 6.45) is 6.21. The Balaban J connectivity index is 1.54. The third kappa shape index (κ3) is 3.85. The summed E-state index contributed by atoms with van der Waals surface area (Å²) in [6.45, 7) is 4.28. The number of carbonyl (C=O) groups excluding carboxylic acids is 1. The lowest BCUT2D eigenvalue weighted by molar-refractivity contribution is -0.123. The number of amides is 1. The third-order valence-electron chi connectivity index (χ3n) is 4.98. The van der Waals surface area contributed by atoms with Crippen LogP contribution in [-0.4, -0.2) is 24.5 Å². The second-order valence-corrected chi connectivity index (χ2v) is 6.83. The summed E-state index contributed by atoms with van der Waals surface area (Å²) < 4.78 is 0. The topological polar surface area (TPSA) is 41.1 Å². The lowest BCUT2D eigenvalue weighted by atomic mass is 9.93. The van der Waals surface area contributed by atoms with E-state index >= 15 is 0 Å². The summed E-state index contributed by atoms with van der Waals surface area (Å²) in [5.41, 5.74) is 2.75. The van der Waals surface area contributed by atoms with Crippen LogP contribution < -0.4 is 10.6 Å². The van der Waals surface area contributed by atoms with Crippen molar-refractivity contribution < 1.29 is 4.79 Å². The molecule has 3 rings (SSSR count).